The number of anilines is 1. The van der Waals surface area contributed by atoms with E-state index in [1.165, 1.54) is 0 Å². The summed E-state index contributed by atoms with van der Waals surface area (Å²) >= 11 is 0. The van der Waals surface area contributed by atoms with Gasteiger partial charge < -0.3 is 4.90 Å². The summed E-state index contributed by atoms with van der Waals surface area (Å²) in [6, 6.07) is 6.72. The summed E-state index contributed by atoms with van der Waals surface area (Å²) in [5.41, 5.74) is 1.35. The zero-order valence-electron chi connectivity index (χ0n) is 8.83. The molecule has 5 nitrogen and oxygen atoms in total. The van der Waals surface area contributed by atoms with Gasteiger partial charge >= 0.3 is 0 Å². The Morgan fingerprint density at radius 3 is 2.31 bits per heavy atom. The zero-order valence-corrected chi connectivity index (χ0v) is 9.64. The number of carbonyl (C=O) groups is 1. The Bertz CT molecular complexity index is 452. The van der Waals surface area contributed by atoms with E-state index in [1.807, 2.05) is 0 Å². The number of hydrogen-bond acceptors (Lipinski definition) is 4. The van der Waals surface area contributed by atoms with Gasteiger partial charge in [-0.25, -0.2) is 0 Å². The molecule has 0 bridgehead atoms. The van der Waals surface area contributed by atoms with E-state index in [4.69, 9.17) is 4.55 Å². The van der Waals surface area contributed by atoms with Crippen LogP contribution < -0.4 is 4.90 Å². The molecule has 0 amide bonds. The van der Waals surface area contributed by atoms with E-state index in [9.17, 15) is 13.2 Å². The van der Waals surface area contributed by atoms with Gasteiger partial charge in [0, 0.05) is 24.8 Å². The van der Waals surface area contributed by atoms with E-state index in [-0.39, 0.29) is 12.3 Å². The smallest absolute Gasteiger partial charge is 0.266 e. The van der Waals surface area contributed by atoms with Crippen LogP contribution in [-0.2, 0) is 10.1 Å². The summed E-state index contributed by atoms with van der Waals surface area (Å²) < 4.78 is 29.7. The largest absolute Gasteiger partial charge is 0.373 e. The van der Waals surface area contributed by atoms with E-state index in [0.29, 0.717) is 5.56 Å². The first-order valence-corrected chi connectivity index (χ1v) is 6.25. The second-order valence-electron chi connectivity index (χ2n) is 3.42. The van der Waals surface area contributed by atoms with Crippen molar-refractivity contribution in [1.29, 1.82) is 0 Å². The maximum absolute atomic E-state index is 10.6. The van der Waals surface area contributed by atoms with Crippen LogP contribution in [0.5, 0.6) is 0 Å². The number of nitrogens with zero attached hydrogens (tertiary/aromatic N) is 1. The summed E-state index contributed by atoms with van der Waals surface area (Å²) in [6.45, 7) is 0.194. The predicted molar refractivity (Wildman–Crippen MR) is 61.5 cm³/mol. The molecule has 0 spiro atoms. The second kappa shape index (κ2) is 5.09. The lowest BCUT2D eigenvalue weighted by atomic mass is 10.2. The highest BCUT2D eigenvalue weighted by molar-refractivity contribution is 7.85. The average molecular weight is 243 g/mol. The van der Waals surface area contributed by atoms with Gasteiger partial charge in [0.25, 0.3) is 10.1 Å². The fourth-order valence-electron chi connectivity index (χ4n) is 1.19. The lowest BCUT2D eigenvalue weighted by Crippen LogP contribution is -2.24. The van der Waals surface area contributed by atoms with Crippen molar-refractivity contribution in [2.75, 3.05) is 24.2 Å². The number of aldehydes is 1. The molecular weight excluding hydrogens is 230 g/mol. The molecule has 0 saturated carbocycles. The van der Waals surface area contributed by atoms with Gasteiger partial charge in [-0.05, 0) is 24.3 Å². The minimum atomic E-state index is -3.94. The summed E-state index contributed by atoms with van der Waals surface area (Å²) in [7, 11) is -2.23. The number of benzene rings is 1. The SMILES string of the molecule is CN(CCS(=O)(=O)O)c1ccc(C=O)cc1. The molecule has 0 unspecified atom stereocenters. The third kappa shape index (κ3) is 4.00. The van der Waals surface area contributed by atoms with Crippen LogP contribution in [0.3, 0.4) is 0 Å². The maximum atomic E-state index is 10.6. The van der Waals surface area contributed by atoms with Crippen molar-refractivity contribution in [3.63, 3.8) is 0 Å². The Hall–Kier alpha value is -1.40. The van der Waals surface area contributed by atoms with Crippen molar-refractivity contribution in [3.05, 3.63) is 29.8 Å². The quantitative estimate of drug-likeness (QED) is 0.612. The van der Waals surface area contributed by atoms with Gasteiger partial charge in [-0.1, -0.05) is 0 Å². The van der Waals surface area contributed by atoms with Crippen molar-refractivity contribution >= 4 is 22.1 Å². The van der Waals surface area contributed by atoms with E-state index in [1.54, 1.807) is 36.2 Å². The molecule has 0 radical (unpaired) electrons. The first kappa shape index (κ1) is 12.7. The van der Waals surface area contributed by atoms with E-state index in [0.717, 1.165) is 12.0 Å². The Kier molecular flexibility index (Phi) is 4.03. The van der Waals surface area contributed by atoms with Crippen LogP contribution in [0, 0.1) is 0 Å². The molecule has 16 heavy (non-hydrogen) atoms. The summed E-state index contributed by atoms with van der Waals surface area (Å²) in [5.74, 6) is -0.321. The normalized spacial score (nSPS) is 11.1. The molecule has 0 aliphatic carbocycles. The lowest BCUT2D eigenvalue weighted by molar-refractivity contribution is 0.112. The monoisotopic (exact) mass is 243 g/mol. The average Bonchev–Trinajstić information content (AvgIpc) is 2.25. The van der Waals surface area contributed by atoms with Crippen LogP contribution >= 0.6 is 0 Å². The highest BCUT2D eigenvalue weighted by atomic mass is 32.2. The lowest BCUT2D eigenvalue weighted by Gasteiger charge is -2.18. The van der Waals surface area contributed by atoms with Crippen molar-refractivity contribution in [1.82, 2.24) is 0 Å². The van der Waals surface area contributed by atoms with Gasteiger partial charge in [0.1, 0.15) is 6.29 Å². The summed E-state index contributed by atoms with van der Waals surface area (Å²) in [4.78, 5) is 12.1. The molecule has 0 heterocycles. The van der Waals surface area contributed by atoms with Crippen LogP contribution in [0.4, 0.5) is 5.69 Å². The van der Waals surface area contributed by atoms with Crippen LogP contribution in [0.1, 0.15) is 10.4 Å². The fourth-order valence-corrected chi connectivity index (χ4v) is 1.69. The highest BCUT2D eigenvalue weighted by Gasteiger charge is 2.07. The van der Waals surface area contributed by atoms with Gasteiger partial charge in [-0.2, -0.15) is 8.42 Å². The number of carbonyl (C=O) groups excluding carboxylic acids is 1. The van der Waals surface area contributed by atoms with Crippen molar-refractivity contribution in [3.8, 4) is 0 Å². The first-order valence-electron chi connectivity index (χ1n) is 4.64. The summed E-state index contributed by atoms with van der Waals surface area (Å²) in [6.07, 6.45) is 0.738. The van der Waals surface area contributed by atoms with Gasteiger partial charge in [-0.3, -0.25) is 9.35 Å². The molecule has 0 aromatic heterocycles. The van der Waals surface area contributed by atoms with E-state index in [2.05, 4.69) is 0 Å². The molecule has 0 fully saturated rings. The standard InChI is InChI=1S/C10H13NO4S/c1-11(6-7-16(13,14)15)10-4-2-9(8-12)3-5-10/h2-5,8H,6-7H2,1H3,(H,13,14,15). The van der Waals surface area contributed by atoms with Gasteiger partial charge in [0.15, 0.2) is 0 Å². The molecule has 1 aromatic rings. The van der Waals surface area contributed by atoms with Crippen LogP contribution in [-0.4, -0.2) is 38.6 Å². The molecular formula is C10H13NO4S. The molecule has 0 saturated heterocycles. The minimum absolute atomic E-state index is 0.194. The molecule has 0 aliphatic rings. The molecule has 88 valence electrons. The minimum Gasteiger partial charge on any atom is -0.373 e. The Labute approximate surface area is 94.4 Å². The van der Waals surface area contributed by atoms with E-state index < -0.39 is 10.1 Å². The molecule has 1 N–H and O–H groups in total. The first-order chi connectivity index (χ1) is 7.42. The van der Waals surface area contributed by atoms with Crippen LogP contribution in [0.25, 0.3) is 0 Å². The number of rotatable bonds is 5. The van der Waals surface area contributed by atoms with Crippen LogP contribution in [0.15, 0.2) is 24.3 Å². The Morgan fingerprint density at radius 2 is 1.88 bits per heavy atom. The van der Waals surface area contributed by atoms with Crippen molar-refractivity contribution in [2.45, 2.75) is 0 Å². The topological polar surface area (TPSA) is 74.7 Å². The molecule has 0 aliphatic heterocycles. The zero-order chi connectivity index (χ0) is 12.2. The van der Waals surface area contributed by atoms with Crippen LogP contribution in [0.2, 0.25) is 0 Å². The summed E-state index contributed by atoms with van der Waals surface area (Å²) in [5, 5.41) is 0. The van der Waals surface area contributed by atoms with E-state index >= 15 is 0 Å². The maximum Gasteiger partial charge on any atom is 0.266 e. The predicted octanol–water partition coefficient (Wildman–Crippen LogP) is 0.823. The fraction of sp³-hybridized carbons (Fsp3) is 0.300. The molecule has 6 heteroatoms. The van der Waals surface area contributed by atoms with Crippen molar-refractivity contribution in [2.24, 2.45) is 0 Å². The van der Waals surface area contributed by atoms with Gasteiger partial charge in [0.2, 0.25) is 0 Å². The number of hydrogen-bond donors (Lipinski definition) is 1. The van der Waals surface area contributed by atoms with Crippen molar-refractivity contribution < 1.29 is 17.8 Å². The third-order valence-corrected chi connectivity index (χ3v) is 2.85. The Balaban J connectivity index is 2.66. The van der Waals surface area contributed by atoms with Gasteiger partial charge in [-0.15, -0.1) is 0 Å². The van der Waals surface area contributed by atoms with Gasteiger partial charge in [0.05, 0.1) is 5.75 Å². The molecule has 1 rings (SSSR count). The third-order valence-electron chi connectivity index (χ3n) is 2.15. The molecule has 0 atom stereocenters. The second-order valence-corrected chi connectivity index (χ2v) is 4.99. The molecule has 1 aromatic carbocycles. The highest BCUT2D eigenvalue weighted by Crippen LogP contribution is 2.12. The Morgan fingerprint density at radius 1 is 1.31 bits per heavy atom.